The van der Waals surface area contributed by atoms with Crippen molar-refractivity contribution in [2.75, 3.05) is 5.32 Å². The van der Waals surface area contributed by atoms with Gasteiger partial charge in [-0.25, -0.2) is 9.78 Å². The first-order chi connectivity index (χ1) is 12.3. The van der Waals surface area contributed by atoms with Crippen LogP contribution in [0.25, 0.3) is 0 Å². The van der Waals surface area contributed by atoms with E-state index in [2.05, 4.69) is 10.3 Å². The van der Waals surface area contributed by atoms with Gasteiger partial charge in [0.25, 0.3) is 5.91 Å². The van der Waals surface area contributed by atoms with Crippen LogP contribution in [0.5, 0.6) is 5.75 Å². The molecular formula is C18H18Cl2N2O4. The van der Waals surface area contributed by atoms with E-state index in [0.29, 0.717) is 16.3 Å². The summed E-state index contributed by atoms with van der Waals surface area (Å²) in [5, 5.41) is 3.02. The molecule has 0 bridgehead atoms. The molecule has 0 spiro atoms. The van der Waals surface area contributed by atoms with Crippen LogP contribution in [0.1, 0.15) is 31.1 Å². The Balaban J connectivity index is 1.96. The van der Waals surface area contributed by atoms with E-state index in [0.717, 1.165) is 0 Å². The van der Waals surface area contributed by atoms with Crippen LogP contribution in [0.2, 0.25) is 10.0 Å². The van der Waals surface area contributed by atoms with E-state index in [4.69, 9.17) is 32.7 Å². The number of pyridine rings is 1. The highest BCUT2D eigenvalue weighted by Crippen LogP contribution is 2.23. The Morgan fingerprint density at radius 2 is 1.77 bits per heavy atom. The first kappa shape index (κ1) is 20.0. The highest BCUT2D eigenvalue weighted by molar-refractivity contribution is 6.36. The Bertz CT molecular complexity index is 794. The summed E-state index contributed by atoms with van der Waals surface area (Å²) >= 11 is 11.7. The average Bonchev–Trinajstić information content (AvgIpc) is 2.57. The van der Waals surface area contributed by atoms with Crippen LogP contribution < -0.4 is 10.1 Å². The third-order valence-corrected chi connectivity index (χ3v) is 3.66. The largest absolute Gasteiger partial charge is 0.491 e. The van der Waals surface area contributed by atoms with E-state index < -0.39 is 18.0 Å². The first-order valence-electron chi connectivity index (χ1n) is 7.86. The van der Waals surface area contributed by atoms with Gasteiger partial charge in [-0.3, -0.25) is 4.79 Å². The highest BCUT2D eigenvalue weighted by Gasteiger charge is 2.20. The molecule has 6 nitrogen and oxygen atoms in total. The molecule has 1 atom stereocenters. The monoisotopic (exact) mass is 396 g/mol. The number of anilines is 1. The molecular weight excluding hydrogens is 379 g/mol. The molecule has 1 N–H and O–H groups in total. The van der Waals surface area contributed by atoms with E-state index in [1.165, 1.54) is 19.2 Å². The van der Waals surface area contributed by atoms with Crippen molar-refractivity contribution in [1.82, 2.24) is 4.98 Å². The van der Waals surface area contributed by atoms with Gasteiger partial charge in [-0.15, -0.1) is 0 Å². The van der Waals surface area contributed by atoms with Gasteiger partial charge in [-0.2, -0.15) is 0 Å². The summed E-state index contributed by atoms with van der Waals surface area (Å²) in [5.41, 5.74) is 0.309. The zero-order valence-corrected chi connectivity index (χ0v) is 16.0. The maximum absolute atomic E-state index is 12.2. The predicted octanol–water partition coefficient (Wildman–Crippen LogP) is 4.36. The number of halogens is 2. The maximum Gasteiger partial charge on any atom is 0.338 e. The smallest absolute Gasteiger partial charge is 0.338 e. The third kappa shape index (κ3) is 5.61. The molecule has 1 aromatic heterocycles. The molecule has 138 valence electrons. The molecule has 0 aliphatic heterocycles. The van der Waals surface area contributed by atoms with Crippen molar-refractivity contribution in [2.45, 2.75) is 33.0 Å². The average molecular weight is 397 g/mol. The zero-order chi connectivity index (χ0) is 19.3. The lowest BCUT2D eigenvalue weighted by Crippen LogP contribution is -2.30. The number of hydrogen-bond donors (Lipinski definition) is 1. The SMILES string of the molecule is CC(C)Oc1ccc(C(=O)OC(C)C(=O)Nc2ncc(Cl)cc2Cl)cc1. The summed E-state index contributed by atoms with van der Waals surface area (Å²) in [5.74, 6) is -0.404. The Morgan fingerprint density at radius 3 is 2.35 bits per heavy atom. The van der Waals surface area contributed by atoms with Gasteiger partial charge < -0.3 is 14.8 Å². The molecule has 1 amide bonds. The third-order valence-electron chi connectivity index (χ3n) is 3.16. The Morgan fingerprint density at radius 1 is 1.12 bits per heavy atom. The molecule has 1 heterocycles. The fourth-order valence-corrected chi connectivity index (χ4v) is 2.38. The minimum absolute atomic E-state index is 0.0322. The summed E-state index contributed by atoms with van der Waals surface area (Å²) < 4.78 is 10.7. The van der Waals surface area contributed by atoms with Crippen LogP contribution in [-0.2, 0) is 9.53 Å². The predicted molar refractivity (Wildman–Crippen MR) is 100.0 cm³/mol. The number of amides is 1. The van der Waals surface area contributed by atoms with Crippen molar-refractivity contribution in [1.29, 1.82) is 0 Å². The van der Waals surface area contributed by atoms with E-state index in [1.807, 2.05) is 13.8 Å². The molecule has 0 aliphatic carbocycles. The van der Waals surface area contributed by atoms with Gasteiger partial charge in [0, 0.05) is 6.20 Å². The molecule has 1 aromatic carbocycles. The highest BCUT2D eigenvalue weighted by atomic mass is 35.5. The molecule has 0 saturated carbocycles. The number of esters is 1. The Kier molecular flexibility index (Phi) is 6.83. The van der Waals surface area contributed by atoms with Gasteiger partial charge in [0.05, 0.1) is 21.7 Å². The lowest BCUT2D eigenvalue weighted by molar-refractivity contribution is -0.123. The van der Waals surface area contributed by atoms with Gasteiger partial charge in [0.1, 0.15) is 5.75 Å². The first-order valence-corrected chi connectivity index (χ1v) is 8.61. The fourth-order valence-electron chi connectivity index (χ4n) is 1.95. The number of rotatable bonds is 6. The summed E-state index contributed by atoms with van der Waals surface area (Å²) in [6.45, 7) is 5.27. The molecule has 0 saturated heterocycles. The summed E-state index contributed by atoms with van der Waals surface area (Å²) in [6.07, 6.45) is 0.341. The molecule has 26 heavy (non-hydrogen) atoms. The number of aromatic nitrogens is 1. The number of carbonyl (C=O) groups excluding carboxylic acids is 2. The van der Waals surface area contributed by atoms with Gasteiger partial charge in [-0.1, -0.05) is 23.2 Å². The quantitative estimate of drug-likeness (QED) is 0.733. The van der Waals surface area contributed by atoms with Gasteiger partial charge >= 0.3 is 5.97 Å². The van der Waals surface area contributed by atoms with E-state index in [9.17, 15) is 9.59 Å². The van der Waals surface area contributed by atoms with Crippen molar-refractivity contribution in [3.05, 3.63) is 52.1 Å². The number of nitrogens with one attached hydrogen (secondary N) is 1. The summed E-state index contributed by atoms with van der Waals surface area (Å²) in [4.78, 5) is 28.2. The van der Waals surface area contributed by atoms with Crippen molar-refractivity contribution in [2.24, 2.45) is 0 Å². The summed E-state index contributed by atoms with van der Waals surface area (Å²) in [7, 11) is 0. The summed E-state index contributed by atoms with van der Waals surface area (Å²) in [6, 6.07) is 7.92. The number of benzene rings is 1. The topological polar surface area (TPSA) is 77.5 Å². The number of hydrogen-bond acceptors (Lipinski definition) is 5. The van der Waals surface area contributed by atoms with Crippen LogP contribution in [0.3, 0.4) is 0 Å². The van der Waals surface area contributed by atoms with Gasteiger partial charge in [0.15, 0.2) is 11.9 Å². The normalized spacial score (nSPS) is 11.8. The van der Waals surface area contributed by atoms with Crippen LogP contribution in [0, 0.1) is 0 Å². The Labute approximate surface area is 161 Å². The minimum atomic E-state index is -1.04. The number of carbonyl (C=O) groups is 2. The molecule has 1 unspecified atom stereocenters. The van der Waals surface area contributed by atoms with Gasteiger partial charge in [0.2, 0.25) is 0 Å². The number of ether oxygens (including phenoxy) is 2. The Hall–Kier alpha value is -2.31. The standard InChI is InChI=1S/C18H18Cl2N2O4/c1-10(2)25-14-6-4-12(5-7-14)18(24)26-11(3)17(23)22-16-15(20)8-13(19)9-21-16/h4-11H,1-3H3,(H,21,22,23). The molecule has 2 aromatic rings. The van der Waals surface area contributed by atoms with Crippen molar-refractivity contribution < 1.29 is 19.1 Å². The molecule has 8 heteroatoms. The zero-order valence-electron chi connectivity index (χ0n) is 14.5. The van der Waals surface area contributed by atoms with Crippen molar-refractivity contribution >= 4 is 40.9 Å². The van der Waals surface area contributed by atoms with E-state index in [-0.39, 0.29) is 16.9 Å². The molecule has 0 fully saturated rings. The lowest BCUT2D eigenvalue weighted by Gasteiger charge is -2.14. The molecule has 0 aliphatic rings. The molecule has 2 rings (SSSR count). The van der Waals surface area contributed by atoms with Crippen molar-refractivity contribution in [3.8, 4) is 5.75 Å². The lowest BCUT2D eigenvalue weighted by atomic mass is 10.2. The minimum Gasteiger partial charge on any atom is -0.491 e. The van der Waals surface area contributed by atoms with Crippen LogP contribution >= 0.6 is 23.2 Å². The van der Waals surface area contributed by atoms with Crippen LogP contribution in [-0.4, -0.2) is 29.1 Å². The fraction of sp³-hybridized carbons (Fsp3) is 0.278. The van der Waals surface area contributed by atoms with Crippen molar-refractivity contribution in [3.63, 3.8) is 0 Å². The molecule has 0 radical (unpaired) electrons. The second-order valence-electron chi connectivity index (χ2n) is 5.71. The second-order valence-corrected chi connectivity index (χ2v) is 6.56. The second kappa shape index (κ2) is 8.87. The number of nitrogens with zero attached hydrogens (tertiary/aromatic N) is 1. The van der Waals surface area contributed by atoms with Gasteiger partial charge in [-0.05, 0) is 51.1 Å². The van der Waals surface area contributed by atoms with Crippen LogP contribution in [0.15, 0.2) is 36.5 Å². The van der Waals surface area contributed by atoms with E-state index >= 15 is 0 Å². The maximum atomic E-state index is 12.2. The van der Waals surface area contributed by atoms with Crippen LogP contribution in [0.4, 0.5) is 5.82 Å². The van der Waals surface area contributed by atoms with E-state index in [1.54, 1.807) is 24.3 Å².